The largest absolute Gasteiger partial charge is 0.491 e. The number of aliphatic hydroxyl groups excluding tert-OH is 2. The highest BCUT2D eigenvalue weighted by atomic mass is 16.5. The number of rotatable bonds is 52. The van der Waals surface area contributed by atoms with Crippen LogP contribution in [0.2, 0.25) is 0 Å². The lowest BCUT2D eigenvalue weighted by molar-refractivity contribution is 0.0536. The number of hydrogen-bond donors (Lipinski definition) is 4. The van der Waals surface area contributed by atoms with Gasteiger partial charge in [-0.05, 0) is 188 Å². The van der Waals surface area contributed by atoms with Gasteiger partial charge < -0.3 is 53.3 Å². The molecule has 0 radical (unpaired) electrons. The summed E-state index contributed by atoms with van der Waals surface area (Å²) in [7, 11) is 0. The third-order valence-electron chi connectivity index (χ3n) is 23.4. The van der Waals surface area contributed by atoms with E-state index in [4.69, 9.17) is 43.1 Å². The lowest BCUT2D eigenvalue weighted by atomic mass is 9.97. The highest BCUT2D eigenvalue weighted by Gasteiger charge is 2.27. The van der Waals surface area contributed by atoms with Crippen molar-refractivity contribution in [2.24, 2.45) is 71.0 Å². The second-order valence-electron chi connectivity index (χ2n) is 37.0. The number of ether oxygens (including phenoxy) is 7. The molecule has 4 N–H and O–H groups in total. The summed E-state index contributed by atoms with van der Waals surface area (Å²) < 4.78 is 48.5. The molecule has 5 heterocycles. The molecule has 618 valence electrons. The minimum atomic E-state index is -1.05. The Morgan fingerprint density at radius 2 is 0.518 bits per heavy atom. The summed E-state index contributed by atoms with van der Waals surface area (Å²) in [4.78, 5) is 19.4. The Labute approximate surface area is 676 Å². The molecule has 112 heavy (non-hydrogen) atoms. The first-order valence-corrected chi connectivity index (χ1v) is 44.5. The van der Waals surface area contributed by atoms with Gasteiger partial charge in [0.05, 0.1) is 69.0 Å². The summed E-state index contributed by atoms with van der Waals surface area (Å²) in [5, 5.41) is 24.3. The molecular weight excluding hydrogens is 1390 g/mol. The topological polar surface area (TPSA) is 162 Å². The Kier molecular flexibility index (Phi) is 35.6. The van der Waals surface area contributed by atoms with Crippen LogP contribution >= 0.6 is 0 Å². The maximum atomic E-state index is 10.6. The van der Waals surface area contributed by atoms with Crippen LogP contribution in [0.15, 0.2) is 78.9 Å². The first-order valence-electron chi connectivity index (χ1n) is 44.5. The van der Waals surface area contributed by atoms with Gasteiger partial charge in [0.25, 0.3) is 0 Å². The van der Waals surface area contributed by atoms with Gasteiger partial charge in [0.15, 0.2) is 34.5 Å². The fraction of sp³-hybridized carbons (Fsp3) is 0.636. The van der Waals surface area contributed by atoms with Crippen LogP contribution in [0.5, 0.6) is 40.2 Å². The van der Waals surface area contributed by atoms with E-state index < -0.39 is 12.7 Å². The fourth-order valence-electron chi connectivity index (χ4n) is 15.8. The molecule has 0 saturated carbocycles. The molecule has 7 atom stereocenters. The normalized spacial score (nSPS) is 14.2. The first-order chi connectivity index (χ1) is 53.8. The van der Waals surface area contributed by atoms with Gasteiger partial charge in [-0.25, -0.2) is 9.97 Å². The number of nitrogens with one attached hydrogen (secondary N) is 2. The van der Waals surface area contributed by atoms with E-state index >= 15 is 0 Å². The number of aromatic nitrogens is 4. The maximum Gasteiger partial charge on any atom is 0.161 e. The molecule has 3 aromatic heterocycles. The summed E-state index contributed by atoms with van der Waals surface area (Å²) >= 11 is 0. The van der Waals surface area contributed by atoms with Crippen LogP contribution < -0.4 is 33.2 Å². The zero-order valence-electron chi connectivity index (χ0n) is 72.8. The number of nitrogens with zero attached hydrogens (tertiary/aromatic N) is 2. The van der Waals surface area contributed by atoms with Crippen LogP contribution in [0.4, 0.5) is 0 Å². The van der Waals surface area contributed by atoms with E-state index in [0.29, 0.717) is 122 Å². The zero-order chi connectivity index (χ0) is 80.4. The Balaban J connectivity index is 1.31. The number of benzene rings is 4. The van der Waals surface area contributed by atoms with Crippen LogP contribution in [0.1, 0.15) is 279 Å². The van der Waals surface area contributed by atoms with Crippen molar-refractivity contribution < 1.29 is 43.4 Å². The molecule has 8 bridgehead atoms. The first kappa shape index (κ1) is 89.0. The smallest absolute Gasteiger partial charge is 0.161 e. The van der Waals surface area contributed by atoms with Crippen LogP contribution in [-0.4, -0.2) is 89.1 Å². The van der Waals surface area contributed by atoms with E-state index in [0.717, 1.165) is 175 Å². The molecule has 0 saturated heterocycles. The quantitative estimate of drug-likeness (QED) is 0.0287. The molecule has 0 spiro atoms. The van der Waals surface area contributed by atoms with Gasteiger partial charge in [0, 0.05) is 65.9 Å². The number of H-pyrrole nitrogens is 2. The second-order valence-corrected chi connectivity index (χ2v) is 37.0. The SMILES string of the molecule is CC(C)CCC[C@H](C)CCOc1cc2c(cc1OCC[C@@H](C)CCCC(C)C)-c1cc3[nH]c(cc4nc(cc5[nH]c(cc-2n1)c1cc(OCC[C@@H](C)CCCC(C)C)c(OCC[C@@H](C)CCCC(C)C)cc51)-c1ccc(OC[C@H](O)CO)cc1-4)c1cc(OCC[C@@H](C)CCCC(C)C)c(OCC[C@@H](C)CCCC(C)C)cc31. The monoisotopic (exact) mass is 1540 g/mol. The van der Waals surface area contributed by atoms with Crippen molar-refractivity contribution in [3.63, 3.8) is 0 Å². The van der Waals surface area contributed by atoms with Crippen LogP contribution in [0, 0.1) is 71.0 Å². The van der Waals surface area contributed by atoms with Crippen LogP contribution in [0.25, 0.3) is 88.6 Å². The Hall–Kier alpha value is -6.96. The maximum absolute atomic E-state index is 10.6. The molecule has 9 rings (SSSR count). The Morgan fingerprint density at radius 3 is 0.768 bits per heavy atom. The van der Waals surface area contributed by atoms with Crippen LogP contribution in [0.3, 0.4) is 0 Å². The van der Waals surface area contributed by atoms with Gasteiger partial charge in [-0.3, -0.25) is 0 Å². The zero-order valence-corrected chi connectivity index (χ0v) is 72.8. The van der Waals surface area contributed by atoms with Gasteiger partial charge in [0.2, 0.25) is 0 Å². The number of aliphatic hydroxyl groups is 2. The van der Waals surface area contributed by atoms with E-state index in [1.54, 1.807) is 0 Å². The molecule has 0 amide bonds. The van der Waals surface area contributed by atoms with E-state index in [-0.39, 0.29) is 6.61 Å². The standard InChI is InChI=1S/C99H148N4O9/c1-64(2)25-19-31-70(13)39-45-106-94-52-80-81(53-95(94)107-46-40-71(14)32-20-26-65(3)4)90-60-92-84-56-98(110-49-43-74(17)35-23-29-68(9)10)99(111-50-44-75(18)36-24-30-69(11)12)57-85(84)93(103-92)61-91-83-55-97(109-48-42-73(16)34-22-28-67(7)8)96(108-47-41-72(15)33-21-27-66(5)6)54-82(83)89(102-91)59-87-79-51-77(112-63-76(105)62-104)37-38-78(79)86(100-87)58-88(80)101-90/h37-38,51-61,64-76,101-102,104-105H,19-36,39-50,62-63H2,1-18H3/t70-,71-,72-,73-,74-,75-,76+/m0/s1. The van der Waals surface area contributed by atoms with Gasteiger partial charge in [0.1, 0.15) is 18.5 Å². The number of aromatic amines is 2. The van der Waals surface area contributed by atoms with Crippen molar-refractivity contribution in [2.45, 2.75) is 285 Å². The molecule has 0 fully saturated rings. The fourth-order valence-corrected chi connectivity index (χ4v) is 15.8. The molecule has 0 aliphatic carbocycles. The van der Waals surface area contributed by atoms with Crippen molar-refractivity contribution in [1.82, 2.24) is 19.9 Å². The van der Waals surface area contributed by atoms with Gasteiger partial charge in [-0.15, -0.1) is 0 Å². The Morgan fingerprint density at radius 1 is 0.277 bits per heavy atom. The van der Waals surface area contributed by atoms with E-state index in [1.165, 1.54) is 96.3 Å². The predicted octanol–water partition coefficient (Wildman–Crippen LogP) is 27.4. The molecule has 4 aromatic carbocycles. The molecular formula is C99H148N4O9. The molecule has 13 heteroatoms. The lowest BCUT2D eigenvalue weighted by Gasteiger charge is -2.18. The number of fused-ring (bicyclic) bond motifs is 20. The number of hydrogen-bond acceptors (Lipinski definition) is 11. The minimum Gasteiger partial charge on any atom is -0.491 e. The molecule has 0 unspecified atom stereocenters. The lowest BCUT2D eigenvalue weighted by Crippen LogP contribution is -2.21. The molecule has 2 aliphatic heterocycles. The van der Waals surface area contributed by atoms with Gasteiger partial charge in [-0.1, -0.05) is 240 Å². The molecule has 13 nitrogen and oxygen atoms in total. The third-order valence-corrected chi connectivity index (χ3v) is 23.4. The molecule has 7 aromatic rings. The Bertz CT molecular complexity index is 4180. The van der Waals surface area contributed by atoms with E-state index in [1.807, 2.05) is 12.1 Å². The predicted molar refractivity (Wildman–Crippen MR) is 471 cm³/mol. The van der Waals surface area contributed by atoms with Crippen molar-refractivity contribution in [1.29, 1.82) is 0 Å². The second kappa shape index (κ2) is 44.8. The van der Waals surface area contributed by atoms with Crippen molar-refractivity contribution in [2.75, 3.05) is 52.9 Å². The highest BCUT2D eigenvalue weighted by molar-refractivity contribution is 6.12. The van der Waals surface area contributed by atoms with Crippen molar-refractivity contribution in [3.05, 3.63) is 78.9 Å². The summed E-state index contributed by atoms with van der Waals surface area (Å²) in [6.07, 6.45) is 26.1. The van der Waals surface area contributed by atoms with Crippen LogP contribution in [-0.2, 0) is 0 Å². The average Bonchev–Trinajstić information content (AvgIpc) is 1.59. The van der Waals surface area contributed by atoms with Gasteiger partial charge >= 0.3 is 0 Å². The third kappa shape index (κ3) is 27.6. The highest BCUT2D eigenvalue weighted by Crippen LogP contribution is 2.48. The van der Waals surface area contributed by atoms with Gasteiger partial charge in [-0.2, -0.15) is 0 Å². The summed E-state index contributed by atoms with van der Waals surface area (Å²) in [5.74, 6) is 12.0. The average molecular weight is 1540 g/mol. The minimum absolute atomic E-state index is 0.0719. The summed E-state index contributed by atoms with van der Waals surface area (Å²) in [6.45, 7) is 44.8. The molecule has 2 aliphatic rings. The summed E-state index contributed by atoms with van der Waals surface area (Å²) in [5.41, 5.74) is 10.1. The van der Waals surface area contributed by atoms with Crippen molar-refractivity contribution in [3.8, 4) is 85.3 Å². The van der Waals surface area contributed by atoms with E-state index in [9.17, 15) is 10.2 Å². The van der Waals surface area contributed by atoms with Crippen molar-refractivity contribution >= 4 is 43.6 Å². The summed E-state index contributed by atoms with van der Waals surface area (Å²) in [6, 6.07) is 27.9. The van der Waals surface area contributed by atoms with E-state index in [2.05, 4.69) is 201 Å².